The van der Waals surface area contributed by atoms with E-state index in [2.05, 4.69) is 188 Å². The highest BCUT2D eigenvalue weighted by atomic mass is 15.0. The molecule has 0 unspecified atom stereocenters. The Hall–Kier alpha value is -8.53. The van der Waals surface area contributed by atoms with Gasteiger partial charge in [0.2, 0.25) is 0 Å². The molecule has 300 valence electrons. The van der Waals surface area contributed by atoms with Gasteiger partial charge >= 0.3 is 0 Å². The summed E-state index contributed by atoms with van der Waals surface area (Å²) in [5, 5.41) is 2.49. The van der Waals surface area contributed by atoms with Crippen molar-refractivity contribution in [1.29, 1.82) is 0 Å². The van der Waals surface area contributed by atoms with Crippen LogP contribution in [0.5, 0.6) is 0 Å². The van der Waals surface area contributed by atoms with E-state index in [1.165, 1.54) is 38.6 Å². The predicted molar refractivity (Wildman–Crippen MR) is 266 cm³/mol. The number of aromatic nitrogens is 3. The van der Waals surface area contributed by atoms with Crippen LogP contribution < -0.4 is 0 Å². The number of rotatable bonds is 9. The Bertz CT molecular complexity index is 3360. The first kappa shape index (κ1) is 38.4. The van der Waals surface area contributed by atoms with Crippen LogP contribution in [0.15, 0.2) is 249 Å². The molecule has 0 fully saturated rings. The summed E-state index contributed by atoms with van der Waals surface area (Å²) in [7, 11) is 0. The summed E-state index contributed by atoms with van der Waals surface area (Å²) in [5.41, 5.74) is 16.5. The van der Waals surface area contributed by atoms with E-state index >= 15 is 0 Å². The molecule has 11 rings (SSSR count). The van der Waals surface area contributed by atoms with Crippen molar-refractivity contribution < 1.29 is 0 Å². The lowest BCUT2D eigenvalue weighted by molar-refractivity contribution is 1.07. The largest absolute Gasteiger partial charge is 0.208 e. The molecule has 0 aliphatic heterocycles. The molecule has 0 N–H and O–H groups in total. The van der Waals surface area contributed by atoms with Crippen molar-refractivity contribution in [3.8, 4) is 101 Å². The van der Waals surface area contributed by atoms with Crippen LogP contribution in [-0.2, 0) is 0 Å². The van der Waals surface area contributed by atoms with Crippen molar-refractivity contribution in [3.63, 3.8) is 0 Å². The second-order valence-electron chi connectivity index (χ2n) is 16.1. The SMILES string of the molecule is c1ccc(-c2cc(-c3cccc(-c4cc(-c5ccccc5)cc(-c5nc(-c6ccccc6)nc(-c6ccccc6)n5)c4)c3)cc(-c3cccc(-c4cccc5ccccc45)c3)c2)cc1. The van der Waals surface area contributed by atoms with Gasteiger partial charge in [-0.15, -0.1) is 0 Å². The average molecular weight is 816 g/mol. The summed E-state index contributed by atoms with van der Waals surface area (Å²) in [6.07, 6.45) is 0. The summed E-state index contributed by atoms with van der Waals surface area (Å²) >= 11 is 0. The molecule has 0 spiro atoms. The number of hydrogen-bond donors (Lipinski definition) is 0. The lowest BCUT2D eigenvalue weighted by Gasteiger charge is -2.15. The number of hydrogen-bond acceptors (Lipinski definition) is 3. The van der Waals surface area contributed by atoms with E-state index in [-0.39, 0.29) is 0 Å². The Morgan fingerprint density at radius 1 is 0.188 bits per heavy atom. The summed E-state index contributed by atoms with van der Waals surface area (Å²) < 4.78 is 0. The average Bonchev–Trinajstić information content (AvgIpc) is 3.39. The van der Waals surface area contributed by atoms with E-state index in [4.69, 9.17) is 15.0 Å². The van der Waals surface area contributed by atoms with Gasteiger partial charge in [-0.2, -0.15) is 0 Å². The Morgan fingerprint density at radius 2 is 0.484 bits per heavy atom. The van der Waals surface area contributed by atoms with E-state index in [0.717, 1.165) is 55.6 Å². The zero-order valence-corrected chi connectivity index (χ0v) is 35.0. The molecule has 3 nitrogen and oxygen atoms in total. The fraction of sp³-hybridized carbons (Fsp3) is 0. The molecule has 10 aromatic carbocycles. The Labute approximate surface area is 373 Å². The van der Waals surface area contributed by atoms with E-state index < -0.39 is 0 Å². The second-order valence-corrected chi connectivity index (χ2v) is 16.1. The van der Waals surface area contributed by atoms with Gasteiger partial charge in [-0.1, -0.05) is 200 Å². The summed E-state index contributed by atoms with van der Waals surface area (Å²) in [6, 6.07) is 88.2. The normalized spacial score (nSPS) is 11.1. The number of fused-ring (bicyclic) bond motifs is 1. The molecular formula is C61H41N3. The zero-order chi connectivity index (χ0) is 42.7. The molecule has 0 amide bonds. The van der Waals surface area contributed by atoms with Gasteiger partial charge < -0.3 is 0 Å². The van der Waals surface area contributed by atoms with Crippen LogP contribution in [0.25, 0.3) is 112 Å². The zero-order valence-electron chi connectivity index (χ0n) is 35.0. The lowest BCUT2D eigenvalue weighted by atomic mass is 9.90. The van der Waals surface area contributed by atoms with Crippen molar-refractivity contribution in [2.24, 2.45) is 0 Å². The maximum atomic E-state index is 5.13. The van der Waals surface area contributed by atoms with Crippen molar-refractivity contribution >= 4 is 10.8 Å². The van der Waals surface area contributed by atoms with Gasteiger partial charge in [-0.3, -0.25) is 0 Å². The summed E-state index contributed by atoms with van der Waals surface area (Å²) in [6.45, 7) is 0. The monoisotopic (exact) mass is 815 g/mol. The standard InChI is InChI=1S/C61H41N3/c1-5-18-42(19-6-1)51-36-53(39-54(37-51)49-30-16-31-50(35-49)58-33-17-27-44-22-13-14-32-57(44)58)47-28-15-29-48(34-47)55-38-52(43-20-7-2-8-21-43)40-56(41-55)61-63-59(45-23-9-3-10-24-45)62-60(64-61)46-25-11-4-12-26-46/h1-41H. The first-order valence-corrected chi connectivity index (χ1v) is 21.7. The van der Waals surface area contributed by atoms with Crippen LogP contribution in [0.1, 0.15) is 0 Å². The molecule has 0 bridgehead atoms. The molecule has 64 heavy (non-hydrogen) atoms. The van der Waals surface area contributed by atoms with Gasteiger partial charge in [0.1, 0.15) is 0 Å². The molecule has 0 aliphatic carbocycles. The van der Waals surface area contributed by atoms with Crippen LogP contribution in [0.3, 0.4) is 0 Å². The summed E-state index contributed by atoms with van der Waals surface area (Å²) in [4.78, 5) is 15.2. The van der Waals surface area contributed by atoms with Gasteiger partial charge in [0, 0.05) is 16.7 Å². The smallest absolute Gasteiger partial charge is 0.164 e. The van der Waals surface area contributed by atoms with Gasteiger partial charge in [-0.25, -0.2) is 15.0 Å². The molecule has 3 heteroatoms. The van der Waals surface area contributed by atoms with E-state index in [9.17, 15) is 0 Å². The fourth-order valence-corrected chi connectivity index (χ4v) is 8.64. The molecule has 0 saturated heterocycles. The third-order valence-electron chi connectivity index (χ3n) is 11.9. The second kappa shape index (κ2) is 17.1. The molecule has 11 aromatic rings. The minimum Gasteiger partial charge on any atom is -0.208 e. The van der Waals surface area contributed by atoms with Crippen LogP contribution in [0, 0.1) is 0 Å². The molecule has 1 heterocycles. The van der Waals surface area contributed by atoms with Gasteiger partial charge in [0.15, 0.2) is 17.5 Å². The lowest BCUT2D eigenvalue weighted by Crippen LogP contribution is -2.00. The molecule has 0 aliphatic rings. The Kier molecular flexibility index (Phi) is 10.3. The third kappa shape index (κ3) is 7.90. The first-order valence-electron chi connectivity index (χ1n) is 21.7. The highest BCUT2D eigenvalue weighted by Crippen LogP contribution is 2.39. The predicted octanol–water partition coefficient (Wildman–Crippen LogP) is 16.0. The van der Waals surface area contributed by atoms with Gasteiger partial charge in [0.05, 0.1) is 0 Å². The van der Waals surface area contributed by atoms with Crippen molar-refractivity contribution in [2.75, 3.05) is 0 Å². The van der Waals surface area contributed by atoms with E-state index in [0.29, 0.717) is 17.5 Å². The van der Waals surface area contributed by atoms with Crippen molar-refractivity contribution in [3.05, 3.63) is 249 Å². The molecular weight excluding hydrogens is 775 g/mol. The van der Waals surface area contributed by atoms with E-state index in [1.54, 1.807) is 0 Å². The topological polar surface area (TPSA) is 38.7 Å². The first-order chi connectivity index (χ1) is 31.7. The highest BCUT2D eigenvalue weighted by molar-refractivity contribution is 5.97. The molecule has 0 saturated carbocycles. The minimum atomic E-state index is 0.619. The molecule has 0 radical (unpaired) electrons. The van der Waals surface area contributed by atoms with Gasteiger partial charge in [-0.05, 0) is 126 Å². The molecule has 0 atom stereocenters. The van der Waals surface area contributed by atoms with Crippen molar-refractivity contribution in [1.82, 2.24) is 15.0 Å². The van der Waals surface area contributed by atoms with Crippen molar-refractivity contribution in [2.45, 2.75) is 0 Å². The van der Waals surface area contributed by atoms with Crippen LogP contribution >= 0.6 is 0 Å². The maximum Gasteiger partial charge on any atom is 0.164 e. The minimum absolute atomic E-state index is 0.619. The maximum absolute atomic E-state index is 5.13. The number of benzene rings is 10. The van der Waals surface area contributed by atoms with Crippen LogP contribution in [0.4, 0.5) is 0 Å². The fourth-order valence-electron chi connectivity index (χ4n) is 8.64. The number of nitrogens with zero attached hydrogens (tertiary/aromatic N) is 3. The van der Waals surface area contributed by atoms with Gasteiger partial charge in [0.25, 0.3) is 0 Å². The third-order valence-corrected chi connectivity index (χ3v) is 11.9. The Balaban J connectivity index is 1.05. The Morgan fingerprint density at radius 3 is 0.969 bits per heavy atom. The molecule has 1 aromatic heterocycles. The highest BCUT2D eigenvalue weighted by Gasteiger charge is 2.16. The van der Waals surface area contributed by atoms with Crippen LogP contribution in [0.2, 0.25) is 0 Å². The summed E-state index contributed by atoms with van der Waals surface area (Å²) in [5.74, 6) is 1.89. The quantitative estimate of drug-likeness (QED) is 0.146. The van der Waals surface area contributed by atoms with Crippen LogP contribution in [-0.4, -0.2) is 15.0 Å². The van der Waals surface area contributed by atoms with E-state index in [1.807, 2.05) is 60.7 Å².